The van der Waals surface area contributed by atoms with Crippen LogP contribution in [0.5, 0.6) is 5.75 Å². The highest BCUT2D eigenvalue weighted by molar-refractivity contribution is 5.39. The Bertz CT molecular complexity index is 567. The second-order valence-corrected chi connectivity index (χ2v) is 5.08. The van der Waals surface area contributed by atoms with Gasteiger partial charge in [0.2, 0.25) is 0 Å². The summed E-state index contributed by atoms with van der Waals surface area (Å²) in [7, 11) is 1.71. The highest BCUT2D eigenvalue weighted by Crippen LogP contribution is 2.38. The average molecular weight is 272 g/mol. The Labute approximate surface area is 119 Å². The molecule has 5 heteroatoms. The first-order chi connectivity index (χ1) is 9.83. The molecule has 1 aliphatic rings. The van der Waals surface area contributed by atoms with Gasteiger partial charge in [0.25, 0.3) is 0 Å². The zero-order valence-electron chi connectivity index (χ0n) is 11.9. The van der Waals surface area contributed by atoms with E-state index in [1.165, 1.54) is 11.1 Å². The standard InChI is InChI=1S/C15H20N4O/c1-3-17-15-13-6-5-12(20-2)8-11(13)4-7-14(15)19-10-16-9-18-19/h5-6,8-10,14-15,17H,3-4,7H2,1-2H3. The third-order valence-electron chi connectivity index (χ3n) is 3.98. The summed E-state index contributed by atoms with van der Waals surface area (Å²) in [4.78, 5) is 4.08. The highest BCUT2D eigenvalue weighted by Gasteiger charge is 2.30. The van der Waals surface area contributed by atoms with Crippen LogP contribution in [0.15, 0.2) is 30.9 Å². The van der Waals surface area contributed by atoms with Gasteiger partial charge in [-0.3, -0.25) is 0 Å². The molecule has 0 saturated heterocycles. The van der Waals surface area contributed by atoms with Gasteiger partial charge in [0.05, 0.1) is 19.2 Å². The van der Waals surface area contributed by atoms with Gasteiger partial charge < -0.3 is 10.1 Å². The third-order valence-corrected chi connectivity index (χ3v) is 3.98. The number of methoxy groups -OCH3 is 1. The van der Waals surface area contributed by atoms with Gasteiger partial charge in [-0.2, -0.15) is 5.10 Å². The number of rotatable bonds is 4. The second kappa shape index (κ2) is 5.63. The fourth-order valence-corrected chi connectivity index (χ4v) is 3.05. The molecule has 0 bridgehead atoms. The fraction of sp³-hybridized carbons (Fsp3) is 0.467. The van der Waals surface area contributed by atoms with Crippen molar-refractivity contribution in [1.29, 1.82) is 0 Å². The predicted octanol–water partition coefficient (Wildman–Crippen LogP) is 2.12. The molecule has 1 aliphatic carbocycles. The van der Waals surface area contributed by atoms with Gasteiger partial charge >= 0.3 is 0 Å². The normalized spacial score (nSPS) is 21.5. The van der Waals surface area contributed by atoms with E-state index < -0.39 is 0 Å². The van der Waals surface area contributed by atoms with E-state index in [1.807, 2.05) is 17.1 Å². The zero-order valence-corrected chi connectivity index (χ0v) is 11.9. The molecule has 1 N–H and O–H groups in total. The van der Waals surface area contributed by atoms with Gasteiger partial charge in [-0.15, -0.1) is 0 Å². The fourth-order valence-electron chi connectivity index (χ4n) is 3.05. The highest BCUT2D eigenvalue weighted by atomic mass is 16.5. The first-order valence-corrected chi connectivity index (χ1v) is 7.07. The third kappa shape index (κ3) is 2.29. The van der Waals surface area contributed by atoms with Crippen molar-refractivity contribution >= 4 is 0 Å². The molecule has 0 aliphatic heterocycles. The van der Waals surface area contributed by atoms with Crippen LogP contribution in [0, 0.1) is 0 Å². The minimum Gasteiger partial charge on any atom is -0.497 e. The van der Waals surface area contributed by atoms with Crippen molar-refractivity contribution in [3.8, 4) is 5.75 Å². The lowest BCUT2D eigenvalue weighted by Crippen LogP contribution is -2.34. The number of nitrogens with one attached hydrogen (secondary N) is 1. The number of hydrogen-bond donors (Lipinski definition) is 1. The summed E-state index contributed by atoms with van der Waals surface area (Å²) in [5, 5.41) is 7.91. The van der Waals surface area contributed by atoms with E-state index in [1.54, 1.807) is 13.4 Å². The van der Waals surface area contributed by atoms with Crippen molar-refractivity contribution in [3.05, 3.63) is 42.0 Å². The van der Waals surface area contributed by atoms with Crippen molar-refractivity contribution in [2.75, 3.05) is 13.7 Å². The molecule has 1 heterocycles. The summed E-state index contributed by atoms with van der Waals surface area (Å²) >= 11 is 0. The predicted molar refractivity (Wildman–Crippen MR) is 76.8 cm³/mol. The van der Waals surface area contributed by atoms with Gasteiger partial charge in [0, 0.05) is 0 Å². The van der Waals surface area contributed by atoms with Crippen LogP contribution in [0.2, 0.25) is 0 Å². The maximum absolute atomic E-state index is 5.33. The van der Waals surface area contributed by atoms with E-state index in [0.29, 0.717) is 6.04 Å². The van der Waals surface area contributed by atoms with Crippen LogP contribution >= 0.6 is 0 Å². The number of likely N-dealkylation sites (N-methyl/N-ethyl adjacent to an activating group) is 1. The minimum atomic E-state index is 0.274. The smallest absolute Gasteiger partial charge is 0.137 e. The average Bonchev–Trinajstić information content (AvgIpc) is 3.01. The van der Waals surface area contributed by atoms with E-state index >= 15 is 0 Å². The summed E-state index contributed by atoms with van der Waals surface area (Å²) in [6.45, 7) is 3.07. The molecular formula is C15H20N4O. The number of ether oxygens (including phenoxy) is 1. The molecule has 1 aromatic heterocycles. The number of hydrogen-bond acceptors (Lipinski definition) is 4. The Morgan fingerprint density at radius 1 is 1.45 bits per heavy atom. The maximum atomic E-state index is 5.33. The summed E-state index contributed by atoms with van der Waals surface area (Å²) in [6.07, 6.45) is 5.51. The van der Waals surface area contributed by atoms with E-state index in [0.717, 1.165) is 25.1 Å². The van der Waals surface area contributed by atoms with Gasteiger partial charge in [-0.1, -0.05) is 13.0 Å². The van der Waals surface area contributed by atoms with Crippen molar-refractivity contribution in [2.24, 2.45) is 0 Å². The molecule has 1 aromatic carbocycles. The molecule has 2 atom stereocenters. The van der Waals surface area contributed by atoms with Gasteiger partial charge in [0.15, 0.2) is 0 Å². The van der Waals surface area contributed by atoms with E-state index in [-0.39, 0.29) is 6.04 Å². The summed E-state index contributed by atoms with van der Waals surface area (Å²) in [5.74, 6) is 0.929. The first kappa shape index (κ1) is 13.1. The minimum absolute atomic E-state index is 0.274. The largest absolute Gasteiger partial charge is 0.497 e. The summed E-state index contributed by atoms with van der Waals surface area (Å²) in [6, 6.07) is 6.95. The van der Waals surface area contributed by atoms with Crippen LogP contribution in [0.4, 0.5) is 0 Å². The van der Waals surface area contributed by atoms with Crippen LogP contribution in [0.25, 0.3) is 0 Å². The summed E-state index contributed by atoms with van der Waals surface area (Å²) < 4.78 is 7.30. The molecule has 2 unspecified atom stereocenters. The van der Waals surface area contributed by atoms with Crippen LogP contribution in [0.3, 0.4) is 0 Å². The molecule has 0 radical (unpaired) electrons. The quantitative estimate of drug-likeness (QED) is 0.926. The van der Waals surface area contributed by atoms with E-state index in [9.17, 15) is 0 Å². The number of aryl methyl sites for hydroxylation is 1. The monoisotopic (exact) mass is 272 g/mol. The van der Waals surface area contributed by atoms with E-state index in [2.05, 4.69) is 34.5 Å². The second-order valence-electron chi connectivity index (χ2n) is 5.08. The number of benzene rings is 1. The van der Waals surface area contributed by atoms with Crippen LogP contribution in [-0.4, -0.2) is 28.4 Å². The van der Waals surface area contributed by atoms with Crippen molar-refractivity contribution < 1.29 is 4.74 Å². The van der Waals surface area contributed by atoms with Crippen molar-refractivity contribution in [3.63, 3.8) is 0 Å². The van der Waals surface area contributed by atoms with Crippen molar-refractivity contribution in [1.82, 2.24) is 20.1 Å². The number of nitrogens with zero attached hydrogens (tertiary/aromatic N) is 3. The molecular weight excluding hydrogens is 252 g/mol. The molecule has 0 saturated carbocycles. The molecule has 0 fully saturated rings. The lowest BCUT2D eigenvalue weighted by molar-refractivity contribution is 0.298. The molecule has 106 valence electrons. The zero-order chi connectivity index (χ0) is 13.9. The van der Waals surface area contributed by atoms with Crippen LogP contribution in [0.1, 0.15) is 36.6 Å². The number of fused-ring (bicyclic) bond motifs is 1. The Balaban J connectivity index is 1.97. The Hall–Kier alpha value is -1.88. The van der Waals surface area contributed by atoms with Crippen LogP contribution in [-0.2, 0) is 6.42 Å². The van der Waals surface area contributed by atoms with Gasteiger partial charge in [0.1, 0.15) is 18.4 Å². The molecule has 0 amide bonds. The maximum Gasteiger partial charge on any atom is 0.137 e. The molecule has 0 spiro atoms. The van der Waals surface area contributed by atoms with Crippen molar-refractivity contribution in [2.45, 2.75) is 31.8 Å². The Morgan fingerprint density at radius 2 is 2.35 bits per heavy atom. The molecule has 2 aromatic rings. The molecule has 5 nitrogen and oxygen atoms in total. The molecule has 3 rings (SSSR count). The SMILES string of the molecule is CCNC1c2ccc(OC)cc2CCC1n1cncn1. The van der Waals surface area contributed by atoms with Crippen LogP contribution < -0.4 is 10.1 Å². The van der Waals surface area contributed by atoms with E-state index in [4.69, 9.17) is 4.74 Å². The molecule has 20 heavy (non-hydrogen) atoms. The number of aromatic nitrogens is 3. The Morgan fingerprint density at radius 3 is 3.05 bits per heavy atom. The Kier molecular flexibility index (Phi) is 3.69. The van der Waals surface area contributed by atoms with Gasteiger partial charge in [-0.05, 0) is 42.6 Å². The topological polar surface area (TPSA) is 52.0 Å². The van der Waals surface area contributed by atoms with Gasteiger partial charge in [-0.25, -0.2) is 9.67 Å². The lowest BCUT2D eigenvalue weighted by Gasteiger charge is -2.34. The lowest BCUT2D eigenvalue weighted by atomic mass is 9.84. The first-order valence-electron chi connectivity index (χ1n) is 7.07. The summed E-state index contributed by atoms with van der Waals surface area (Å²) in [5.41, 5.74) is 2.71.